The van der Waals surface area contributed by atoms with Crippen molar-refractivity contribution >= 4 is 40.7 Å². The Morgan fingerprint density at radius 1 is 0.963 bits per heavy atom. The summed E-state index contributed by atoms with van der Waals surface area (Å²) < 4.78 is 17.1. The quantitative estimate of drug-likeness (QED) is 0.0603. The number of carbonyl (C=O) groups excluding carboxylic acids is 3. The summed E-state index contributed by atoms with van der Waals surface area (Å²) in [4.78, 5) is 46.9. The smallest absolute Gasteiger partial charge is 0.285 e. The molecule has 3 amide bonds. The van der Waals surface area contributed by atoms with Gasteiger partial charge in [0.2, 0.25) is 12.7 Å². The van der Waals surface area contributed by atoms with Gasteiger partial charge in [-0.15, -0.1) is 6.58 Å². The van der Waals surface area contributed by atoms with Crippen LogP contribution in [0.3, 0.4) is 0 Å². The summed E-state index contributed by atoms with van der Waals surface area (Å²) in [5.74, 6) is 0.353. The van der Waals surface area contributed by atoms with Crippen LogP contribution in [0.2, 0.25) is 0 Å². The van der Waals surface area contributed by atoms with Crippen LogP contribution in [-0.4, -0.2) is 40.3 Å². The molecular formula is C44H39N3O6S. The number of benzene rings is 4. The standard InChI is InChI=1S/C44H39N3O6S/c1-4-7-19-35(6-3)47-43(50)36(25-30-20-22-37(34(24-30)14-5-2)51-27-31-21-23-38-39(26-31)53-29-52-38)42(49)46-44(47)54-28-40(48)45-41(32-15-10-8-11-16-32)33-17-12-9-13-18-33/h4-13,15-26,41H,1-2,14,27-29H2,3H3,(H,45,48)/b19-7-,35-6+,36-25+. The van der Waals surface area contributed by atoms with E-state index in [4.69, 9.17) is 14.2 Å². The van der Waals surface area contributed by atoms with Crippen LogP contribution in [0.15, 0.2) is 157 Å². The number of thioether (sulfide) groups is 1. The van der Waals surface area contributed by atoms with Gasteiger partial charge in [0.1, 0.15) is 17.9 Å². The third kappa shape index (κ3) is 8.97. The minimum absolute atomic E-state index is 0.0914. The summed E-state index contributed by atoms with van der Waals surface area (Å²) in [6.45, 7) is 9.90. The van der Waals surface area contributed by atoms with E-state index >= 15 is 0 Å². The van der Waals surface area contributed by atoms with E-state index in [0.717, 1.165) is 34.0 Å². The van der Waals surface area contributed by atoms with Gasteiger partial charge in [-0.3, -0.25) is 19.3 Å². The molecule has 1 N–H and O–H groups in total. The largest absolute Gasteiger partial charge is 0.489 e. The number of nitrogens with zero attached hydrogens (tertiary/aromatic N) is 2. The fraction of sp³-hybridized carbons (Fsp3) is 0.136. The van der Waals surface area contributed by atoms with Gasteiger partial charge in [0.05, 0.1) is 11.8 Å². The molecule has 2 aliphatic heterocycles. The first-order valence-electron chi connectivity index (χ1n) is 17.3. The van der Waals surface area contributed by atoms with Gasteiger partial charge < -0.3 is 19.5 Å². The fourth-order valence-electron chi connectivity index (χ4n) is 5.90. The molecule has 6 rings (SSSR count). The monoisotopic (exact) mass is 737 g/mol. The molecule has 2 aliphatic rings. The lowest BCUT2D eigenvalue weighted by Crippen LogP contribution is -2.42. The zero-order valence-electron chi connectivity index (χ0n) is 29.8. The summed E-state index contributed by atoms with van der Waals surface area (Å²) in [6.07, 6.45) is 10.5. The second kappa shape index (κ2) is 17.9. The summed E-state index contributed by atoms with van der Waals surface area (Å²) in [5.41, 5.74) is 4.54. The van der Waals surface area contributed by atoms with E-state index in [1.807, 2.05) is 84.9 Å². The molecule has 4 aromatic carbocycles. The lowest BCUT2D eigenvalue weighted by molar-refractivity contribution is -0.126. The van der Waals surface area contributed by atoms with Gasteiger partial charge in [-0.25, -0.2) is 0 Å². The van der Waals surface area contributed by atoms with Crippen LogP contribution in [0.5, 0.6) is 17.2 Å². The van der Waals surface area contributed by atoms with E-state index in [-0.39, 0.29) is 29.2 Å². The molecule has 272 valence electrons. The van der Waals surface area contributed by atoms with Crippen LogP contribution in [-0.2, 0) is 27.4 Å². The molecule has 0 spiro atoms. The van der Waals surface area contributed by atoms with Crippen molar-refractivity contribution in [2.75, 3.05) is 12.5 Å². The van der Waals surface area contributed by atoms with Crippen LogP contribution < -0.4 is 19.5 Å². The van der Waals surface area contributed by atoms with Crippen molar-refractivity contribution < 1.29 is 28.6 Å². The highest BCUT2D eigenvalue weighted by atomic mass is 32.2. The summed E-state index contributed by atoms with van der Waals surface area (Å²) in [7, 11) is 0. The van der Waals surface area contributed by atoms with Crippen molar-refractivity contribution in [2.45, 2.75) is 26.0 Å². The van der Waals surface area contributed by atoms with Crippen molar-refractivity contribution in [1.82, 2.24) is 10.2 Å². The Balaban J connectivity index is 1.23. The Hall–Kier alpha value is -6.39. The first-order valence-corrected chi connectivity index (χ1v) is 18.3. The zero-order valence-corrected chi connectivity index (χ0v) is 30.6. The van der Waals surface area contributed by atoms with Gasteiger partial charge in [0.25, 0.3) is 11.8 Å². The van der Waals surface area contributed by atoms with Crippen molar-refractivity contribution in [2.24, 2.45) is 4.99 Å². The maximum atomic E-state index is 14.2. The van der Waals surface area contributed by atoms with E-state index < -0.39 is 17.9 Å². The molecule has 4 aromatic rings. The number of nitrogens with one attached hydrogen (secondary N) is 1. The van der Waals surface area contributed by atoms with E-state index in [0.29, 0.717) is 41.5 Å². The molecule has 0 fully saturated rings. The van der Waals surface area contributed by atoms with Crippen LogP contribution in [0.25, 0.3) is 6.08 Å². The van der Waals surface area contributed by atoms with Crippen molar-refractivity contribution in [1.29, 1.82) is 0 Å². The normalized spacial score (nSPS) is 14.8. The number of aliphatic imine (C=N–C) groups is 1. The Bertz CT molecular complexity index is 2140. The van der Waals surface area contributed by atoms with Crippen molar-refractivity contribution in [3.05, 3.63) is 180 Å². The Kier molecular flexibility index (Phi) is 12.4. The summed E-state index contributed by atoms with van der Waals surface area (Å²) in [6, 6.07) is 30.0. The molecule has 0 bridgehead atoms. The van der Waals surface area contributed by atoms with E-state index in [1.165, 1.54) is 11.0 Å². The Labute approximate surface area is 319 Å². The predicted octanol–water partition coefficient (Wildman–Crippen LogP) is 8.12. The average Bonchev–Trinajstić information content (AvgIpc) is 3.67. The highest BCUT2D eigenvalue weighted by Gasteiger charge is 2.35. The highest BCUT2D eigenvalue weighted by molar-refractivity contribution is 8.14. The molecule has 10 heteroatoms. The van der Waals surface area contributed by atoms with E-state index in [9.17, 15) is 14.4 Å². The van der Waals surface area contributed by atoms with Gasteiger partial charge >= 0.3 is 0 Å². The third-order valence-electron chi connectivity index (χ3n) is 8.50. The molecule has 0 saturated heterocycles. The Morgan fingerprint density at radius 3 is 2.37 bits per heavy atom. The van der Waals surface area contributed by atoms with Crippen LogP contribution in [0, 0.1) is 0 Å². The number of hydrogen-bond donors (Lipinski definition) is 1. The number of amides is 3. The minimum Gasteiger partial charge on any atom is -0.489 e. The number of hydrogen-bond acceptors (Lipinski definition) is 7. The topological polar surface area (TPSA) is 107 Å². The zero-order chi connectivity index (χ0) is 37.9. The first-order chi connectivity index (χ1) is 26.4. The fourth-order valence-corrected chi connectivity index (χ4v) is 6.71. The number of carbonyl (C=O) groups is 3. The number of fused-ring (bicyclic) bond motifs is 1. The summed E-state index contributed by atoms with van der Waals surface area (Å²) in [5, 5.41) is 3.20. The molecule has 9 nitrogen and oxygen atoms in total. The molecule has 54 heavy (non-hydrogen) atoms. The van der Waals surface area contributed by atoms with Crippen LogP contribution in [0.4, 0.5) is 0 Å². The van der Waals surface area contributed by atoms with Gasteiger partial charge in [-0.1, -0.05) is 115 Å². The maximum absolute atomic E-state index is 14.2. The molecule has 2 heterocycles. The first kappa shape index (κ1) is 37.4. The van der Waals surface area contributed by atoms with Crippen LogP contribution in [0.1, 0.15) is 40.8 Å². The third-order valence-corrected chi connectivity index (χ3v) is 9.44. The predicted molar refractivity (Wildman–Crippen MR) is 213 cm³/mol. The van der Waals surface area contributed by atoms with E-state index in [2.05, 4.69) is 23.5 Å². The Morgan fingerprint density at radius 2 is 1.69 bits per heavy atom. The van der Waals surface area contributed by atoms with Gasteiger partial charge in [0, 0.05) is 5.70 Å². The summed E-state index contributed by atoms with van der Waals surface area (Å²) >= 11 is 1.01. The molecule has 0 unspecified atom stereocenters. The maximum Gasteiger partial charge on any atom is 0.285 e. The molecule has 0 aromatic heterocycles. The average molecular weight is 738 g/mol. The number of amidine groups is 1. The molecule has 0 radical (unpaired) electrons. The van der Waals surface area contributed by atoms with Crippen molar-refractivity contribution in [3.63, 3.8) is 0 Å². The van der Waals surface area contributed by atoms with Gasteiger partial charge in [0.15, 0.2) is 16.7 Å². The number of allylic oxidation sites excluding steroid dienone is 5. The van der Waals surface area contributed by atoms with Crippen LogP contribution >= 0.6 is 11.8 Å². The SMILES string of the molecule is C=C/C=C\C(=C/C)N1C(=O)/C(=C/c2ccc(OCc3ccc4c(c3)OCO4)c(CC=C)c2)C(=O)N=C1SCC(=O)NC(c1ccccc1)c1ccccc1. The lowest BCUT2D eigenvalue weighted by Gasteiger charge is -2.28. The molecule has 0 aliphatic carbocycles. The van der Waals surface area contributed by atoms with Gasteiger partial charge in [-0.05, 0) is 77.6 Å². The van der Waals surface area contributed by atoms with Crippen molar-refractivity contribution in [3.8, 4) is 17.2 Å². The van der Waals surface area contributed by atoms with Gasteiger partial charge in [-0.2, -0.15) is 4.99 Å². The van der Waals surface area contributed by atoms with E-state index in [1.54, 1.807) is 49.4 Å². The minimum atomic E-state index is -0.706. The lowest BCUT2D eigenvalue weighted by atomic mass is 9.99. The number of ether oxygens (including phenoxy) is 3. The second-order valence-electron chi connectivity index (χ2n) is 12.2. The number of rotatable bonds is 14. The second-order valence-corrected chi connectivity index (χ2v) is 13.1. The molecule has 0 saturated carbocycles. The highest BCUT2D eigenvalue weighted by Crippen LogP contribution is 2.34. The molecular weight excluding hydrogens is 699 g/mol. The molecule has 0 atom stereocenters.